The molecule has 1 aromatic heterocycles. The van der Waals surface area contributed by atoms with E-state index in [-0.39, 0.29) is 18.4 Å². The van der Waals surface area contributed by atoms with Crippen molar-refractivity contribution in [3.05, 3.63) is 78.0 Å². The van der Waals surface area contributed by atoms with Gasteiger partial charge in [-0.05, 0) is 35.4 Å². The second kappa shape index (κ2) is 11.2. The fourth-order valence-corrected chi connectivity index (χ4v) is 3.68. The maximum Gasteiger partial charge on any atom is 0.255 e. The topological polar surface area (TPSA) is 110 Å². The second-order valence-electron chi connectivity index (χ2n) is 7.97. The zero-order valence-corrected chi connectivity index (χ0v) is 20.3. The first-order chi connectivity index (χ1) is 16.8. The van der Waals surface area contributed by atoms with Crippen LogP contribution in [0.4, 0.5) is 11.5 Å². The van der Waals surface area contributed by atoms with E-state index < -0.39 is 0 Å². The third-order valence-electron chi connectivity index (χ3n) is 5.41. The summed E-state index contributed by atoms with van der Waals surface area (Å²) in [6.45, 7) is 3.85. The lowest BCUT2D eigenvalue weighted by molar-refractivity contribution is -0.119. The summed E-state index contributed by atoms with van der Waals surface area (Å²) >= 11 is 0. The molecule has 2 aromatic carbocycles. The van der Waals surface area contributed by atoms with Crippen molar-refractivity contribution in [2.24, 2.45) is 0 Å². The zero-order chi connectivity index (χ0) is 25.5. The molecule has 0 aliphatic rings. The van der Waals surface area contributed by atoms with E-state index in [4.69, 9.17) is 15.2 Å². The molecule has 3 aromatic rings. The van der Waals surface area contributed by atoms with Gasteiger partial charge < -0.3 is 30.4 Å². The van der Waals surface area contributed by atoms with Crippen molar-refractivity contribution in [2.75, 3.05) is 46.0 Å². The second-order valence-corrected chi connectivity index (χ2v) is 7.97. The predicted octanol–water partition coefficient (Wildman–Crippen LogP) is 4.29. The van der Waals surface area contributed by atoms with Crippen molar-refractivity contribution >= 4 is 35.0 Å². The maximum absolute atomic E-state index is 12.9. The number of amides is 2. The molecule has 0 radical (unpaired) electrons. The number of carbonyl (C=O) groups excluding carboxylic acids is 2. The molecule has 0 unspecified atom stereocenters. The number of H-pyrrole nitrogens is 1. The lowest BCUT2D eigenvalue weighted by Crippen LogP contribution is -2.25. The lowest BCUT2D eigenvalue weighted by atomic mass is 9.96. The Morgan fingerprint density at radius 2 is 1.89 bits per heavy atom. The van der Waals surface area contributed by atoms with Crippen molar-refractivity contribution in [1.29, 1.82) is 0 Å². The number of aromatic amines is 1. The van der Waals surface area contributed by atoms with Crippen LogP contribution in [-0.2, 0) is 9.53 Å². The van der Waals surface area contributed by atoms with Crippen LogP contribution in [0.3, 0.4) is 0 Å². The highest BCUT2D eigenvalue weighted by molar-refractivity contribution is 6.05. The number of rotatable bonds is 9. The maximum atomic E-state index is 12.9. The summed E-state index contributed by atoms with van der Waals surface area (Å²) in [5, 5.41) is 2.73. The van der Waals surface area contributed by atoms with Gasteiger partial charge in [0.1, 0.15) is 18.2 Å². The van der Waals surface area contributed by atoms with Gasteiger partial charge in [-0.1, -0.05) is 36.9 Å². The van der Waals surface area contributed by atoms with Gasteiger partial charge in [0, 0.05) is 44.1 Å². The number of nitrogen functional groups attached to an aromatic ring is 1. The molecule has 35 heavy (non-hydrogen) atoms. The van der Waals surface area contributed by atoms with E-state index in [1.165, 1.54) is 12.0 Å². The van der Waals surface area contributed by atoms with Crippen molar-refractivity contribution in [1.82, 2.24) is 9.88 Å². The number of hydrogen-bond acceptors (Lipinski definition) is 5. The van der Waals surface area contributed by atoms with Gasteiger partial charge in [-0.15, -0.1) is 0 Å². The minimum atomic E-state index is -0.353. The molecule has 0 fully saturated rings. The van der Waals surface area contributed by atoms with Crippen LogP contribution in [0.1, 0.15) is 21.5 Å². The molecule has 1 heterocycles. The van der Waals surface area contributed by atoms with Crippen LogP contribution in [-0.4, -0.2) is 56.6 Å². The first kappa shape index (κ1) is 25.3. The Balaban J connectivity index is 2.11. The van der Waals surface area contributed by atoms with Crippen LogP contribution in [0.15, 0.2) is 61.3 Å². The van der Waals surface area contributed by atoms with E-state index in [9.17, 15) is 9.59 Å². The first-order valence-corrected chi connectivity index (χ1v) is 10.9. The predicted molar refractivity (Wildman–Crippen MR) is 140 cm³/mol. The Labute approximate surface area is 205 Å². The monoisotopic (exact) mass is 474 g/mol. The SMILES string of the molecule is C=C/C(=C\c1c(-c2ccccc2OC)c[nH]c1N)c1ccc(NC(=O)COC)c(C(=O)N(C)C)c1. The molecule has 3 rings (SSSR count). The highest BCUT2D eigenvalue weighted by Crippen LogP contribution is 2.37. The highest BCUT2D eigenvalue weighted by atomic mass is 16.5. The number of ether oxygens (including phenoxy) is 2. The van der Waals surface area contributed by atoms with Crippen molar-refractivity contribution < 1.29 is 19.1 Å². The molecule has 0 spiro atoms. The van der Waals surface area contributed by atoms with Gasteiger partial charge in [0.05, 0.1) is 18.4 Å². The van der Waals surface area contributed by atoms with Crippen molar-refractivity contribution in [3.8, 4) is 16.9 Å². The Kier molecular flexibility index (Phi) is 8.12. The number of hydrogen-bond donors (Lipinski definition) is 3. The summed E-state index contributed by atoms with van der Waals surface area (Å²) in [5.74, 6) is 0.600. The summed E-state index contributed by atoms with van der Waals surface area (Å²) in [7, 11) is 6.36. The van der Waals surface area contributed by atoms with Crippen LogP contribution < -0.4 is 15.8 Å². The van der Waals surface area contributed by atoms with Gasteiger partial charge in [0.15, 0.2) is 0 Å². The minimum absolute atomic E-state index is 0.117. The summed E-state index contributed by atoms with van der Waals surface area (Å²) in [4.78, 5) is 29.5. The van der Waals surface area contributed by atoms with E-state index in [2.05, 4.69) is 16.9 Å². The number of methoxy groups -OCH3 is 2. The molecule has 8 heteroatoms. The van der Waals surface area contributed by atoms with Crippen LogP contribution in [0.25, 0.3) is 22.8 Å². The molecule has 0 bridgehead atoms. The molecule has 0 saturated heterocycles. The van der Waals surface area contributed by atoms with Gasteiger partial charge in [0.25, 0.3) is 5.91 Å². The quantitative estimate of drug-likeness (QED) is 0.401. The average molecular weight is 475 g/mol. The van der Waals surface area contributed by atoms with Crippen molar-refractivity contribution in [3.63, 3.8) is 0 Å². The Morgan fingerprint density at radius 3 is 2.54 bits per heavy atom. The molecule has 8 nitrogen and oxygen atoms in total. The van der Waals surface area contributed by atoms with E-state index >= 15 is 0 Å². The summed E-state index contributed by atoms with van der Waals surface area (Å²) < 4.78 is 10.4. The van der Waals surface area contributed by atoms with Crippen LogP contribution in [0.2, 0.25) is 0 Å². The molecule has 2 amide bonds. The Hall–Kier alpha value is -4.30. The summed E-state index contributed by atoms with van der Waals surface area (Å²) in [6.07, 6.45) is 5.43. The highest BCUT2D eigenvalue weighted by Gasteiger charge is 2.18. The number of carbonyl (C=O) groups is 2. The molecule has 4 N–H and O–H groups in total. The van der Waals surface area contributed by atoms with Gasteiger partial charge in [-0.25, -0.2) is 0 Å². The summed E-state index contributed by atoms with van der Waals surface area (Å²) in [6, 6.07) is 12.9. The molecule has 0 aliphatic carbocycles. The average Bonchev–Trinajstić information content (AvgIpc) is 3.22. The van der Waals surface area contributed by atoms with E-state index in [1.807, 2.05) is 42.6 Å². The number of nitrogens with one attached hydrogen (secondary N) is 2. The number of para-hydroxylation sites is 1. The fourth-order valence-electron chi connectivity index (χ4n) is 3.68. The molecule has 0 aliphatic heterocycles. The molecular weight excluding hydrogens is 444 g/mol. The van der Waals surface area contributed by atoms with Crippen LogP contribution >= 0.6 is 0 Å². The Morgan fingerprint density at radius 1 is 1.14 bits per heavy atom. The number of nitrogens with zero attached hydrogens (tertiary/aromatic N) is 1. The Bertz CT molecular complexity index is 1270. The van der Waals surface area contributed by atoms with Gasteiger partial charge in [-0.3, -0.25) is 9.59 Å². The zero-order valence-electron chi connectivity index (χ0n) is 20.3. The largest absolute Gasteiger partial charge is 0.496 e. The standard InChI is InChI=1S/C27H30N4O4/c1-6-17(13-20-22(15-29-26(20)28)19-9-7-8-10-24(19)35-5)18-11-12-23(30-25(32)16-34-4)21(14-18)27(33)31(2)3/h6-15,29H,1,16,28H2,2-5H3,(H,30,32)/b17-13+. The van der Waals surface area contributed by atoms with E-state index in [1.54, 1.807) is 39.4 Å². The number of benzene rings is 2. The summed E-state index contributed by atoms with van der Waals surface area (Å²) in [5.41, 5.74) is 11.0. The number of nitrogens with two attached hydrogens (primary N) is 1. The van der Waals surface area contributed by atoms with E-state index in [0.29, 0.717) is 17.1 Å². The van der Waals surface area contributed by atoms with E-state index in [0.717, 1.165) is 33.6 Å². The third-order valence-corrected chi connectivity index (χ3v) is 5.41. The van der Waals surface area contributed by atoms with Gasteiger partial charge in [0.2, 0.25) is 5.91 Å². The molecule has 182 valence electrons. The normalized spacial score (nSPS) is 11.1. The first-order valence-electron chi connectivity index (χ1n) is 10.9. The molecular formula is C27H30N4O4. The molecule has 0 saturated carbocycles. The lowest BCUT2D eigenvalue weighted by Gasteiger charge is -2.16. The van der Waals surface area contributed by atoms with Gasteiger partial charge in [-0.2, -0.15) is 0 Å². The van der Waals surface area contributed by atoms with Crippen LogP contribution in [0, 0.1) is 0 Å². The van der Waals surface area contributed by atoms with Crippen LogP contribution in [0.5, 0.6) is 5.75 Å². The van der Waals surface area contributed by atoms with Crippen molar-refractivity contribution in [2.45, 2.75) is 0 Å². The smallest absolute Gasteiger partial charge is 0.255 e. The third kappa shape index (κ3) is 5.62. The number of anilines is 2. The number of aromatic nitrogens is 1. The van der Waals surface area contributed by atoms with Gasteiger partial charge >= 0.3 is 0 Å². The minimum Gasteiger partial charge on any atom is -0.496 e. The number of allylic oxidation sites excluding steroid dienone is 2. The fraction of sp³-hybridized carbons (Fsp3) is 0.185. The molecule has 0 atom stereocenters.